The summed E-state index contributed by atoms with van der Waals surface area (Å²) in [6.45, 7) is 1.36. The van der Waals surface area contributed by atoms with E-state index in [1.54, 1.807) is 0 Å². The molecule has 0 radical (unpaired) electrons. The van der Waals surface area contributed by atoms with E-state index in [0.717, 1.165) is 30.3 Å². The third-order valence-corrected chi connectivity index (χ3v) is 3.73. The second-order valence-corrected chi connectivity index (χ2v) is 5.70. The molecule has 0 saturated heterocycles. The number of phenols is 2. The van der Waals surface area contributed by atoms with Gasteiger partial charge in [0.15, 0.2) is 6.10 Å². The number of aromatic hydroxyl groups is 2. The molecular formula is C17H15F3N2O5. The van der Waals surface area contributed by atoms with Crippen LogP contribution >= 0.6 is 0 Å². The number of imide groups is 1. The van der Waals surface area contributed by atoms with E-state index in [1.807, 2.05) is 0 Å². The lowest BCUT2D eigenvalue weighted by atomic mass is 10.0. The quantitative estimate of drug-likeness (QED) is 0.365. The highest BCUT2D eigenvalue weighted by molar-refractivity contribution is 6.07. The highest BCUT2D eigenvalue weighted by atomic mass is 19.4. The number of nitrogens with zero attached hydrogens (tertiary/aromatic N) is 1. The van der Waals surface area contributed by atoms with Gasteiger partial charge in [0.05, 0.1) is 11.1 Å². The van der Waals surface area contributed by atoms with Gasteiger partial charge in [-0.2, -0.15) is 13.2 Å². The molecule has 2 aromatic rings. The standard InChI is InChI=1S/C17H15F3N2O5/c1-8-5-11(23)7-12(24)13(8)15(26)22(21)16(27)14(25)9-3-2-4-10(6-9)17(18,19)20/h2-7,14,23-25H,21H2,1H3. The number of alkyl halides is 3. The van der Waals surface area contributed by atoms with Crippen LogP contribution in [-0.4, -0.2) is 32.1 Å². The fraction of sp³-hybridized carbons (Fsp3) is 0.176. The van der Waals surface area contributed by atoms with Crippen molar-refractivity contribution in [1.29, 1.82) is 0 Å². The van der Waals surface area contributed by atoms with Crippen molar-refractivity contribution >= 4 is 11.8 Å². The molecule has 27 heavy (non-hydrogen) atoms. The summed E-state index contributed by atoms with van der Waals surface area (Å²) in [7, 11) is 0. The van der Waals surface area contributed by atoms with Crippen molar-refractivity contribution in [3.63, 3.8) is 0 Å². The Hall–Kier alpha value is -3.11. The summed E-state index contributed by atoms with van der Waals surface area (Å²) in [5.41, 5.74) is -1.81. The van der Waals surface area contributed by atoms with Crippen LogP contribution in [0, 0.1) is 6.92 Å². The third kappa shape index (κ3) is 4.18. The minimum Gasteiger partial charge on any atom is -0.508 e. The van der Waals surface area contributed by atoms with E-state index in [1.165, 1.54) is 6.92 Å². The predicted octanol–water partition coefficient (Wildman–Crippen LogP) is 2.00. The second-order valence-electron chi connectivity index (χ2n) is 5.70. The maximum absolute atomic E-state index is 12.8. The van der Waals surface area contributed by atoms with Crippen molar-refractivity contribution in [2.75, 3.05) is 0 Å². The molecule has 0 heterocycles. The Bertz CT molecular complexity index is 875. The first-order valence-corrected chi connectivity index (χ1v) is 7.44. The molecule has 0 saturated carbocycles. The van der Waals surface area contributed by atoms with E-state index in [-0.39, 0.29) is 16.3 Å². The van der Waals surface area contributed by atoms with Crippen LogP contribution in [0.4, 0.5) is 13.2 Å². The molecule has 0 fully saturated rings. The Balaban J connectivity index is 2.31. The van der Waals surface area contributed by atoms with Gasteiger partial charge in [0.25, 0.3) is 11.8 Å². The average Bonchev–Trinajstić information content (AvgIpc) is 2.58. The van der Waals surface area contributed by atoms with Crippen molar-refractivity contribution in [3.8, 4) is 11.5 Å². The zero-order valence-corrected chi connectivity index (χ0v) is 13.9. The zero-order valence-electron chi connectivity index (χ0n) is 13.9. The predicted molar refractivity (Wildman–Crippen MR) is 86.3 cm³/mol. The first-order valence-electron chi connectivity index (χ1n) is 7.44. The number of aliphatic hydroxyl groups excluding tert-OH is 1. The molecule has 7 nitrogen and oxygen atoms in total. The number of hydrogen-bond donors (Lipinski definition) is 4. The Morgan fingerprint density at radius 3 is 2.33 bits per heavy atom. The number of phenolic OH excluding ortho intramolecular Hbond substituents is 2. The number of amides is 2. The van der Waals surface area contributed by atoms with Gasteiger partial charge in [-0.3, -0.25) is 9.59 Å². The number of halogens is 3. The molecule has 0 aliphatic heterocycles. The molecular weight excluding hydrogens is 369 g/mol. The molecule has 2 rings (SSSR count). The monoisotopic (exact) mass is 384 g/mol. The van der Waals surface area contributed by atoms with Gasteiger partial charge in [-0.05, 0) is 36.2 Å². The van der Waals surface area contributed by atoms with Crippen LogP contribution in [0.5, 0.6) is 11.5 Å². The van der Waals surface area contributed by atoms with Gasteiger partial charge < -0.3 is 15.3 Å². The smallest absolute Gasteiger partial charge is 0.416 e. The van der Waals surface area contributed by atoms with Crippen molar-refractivity contribution in [2.45, 2.75) is 19.2 Å². The number of carbonyl (C=O) groups is 2. The summed E-state index contributed by atoms with van der Waals surface area (Å²) in [4.78, 5) is 24.6. The van der Waals surface area contributed by atoms with Gasteiger partial charge in [-0.25, -0.2) is 10.9 Å². The van der Waals surface area contributed by atoms with Crippen LogP contribution < -0.4 is 5.84 Å². The van der Waals surface area contributed by atoms with Crippen LogP contribution in [0.25, 0.3) is 0 Å². The fourth-order valence-corrected chi connectivity index (χ4v) is 2.41. The molecule has 0 aromatic heterocycles. The maximum Gasteiger partial charge on any atom is 0.416 e. The largest absolute Gasteiger partial charge is 0.508 e. The molecule has 5 N–H and O–H groups in total. The molecule has 2 amide bonds. The number of hydrazine groups is 1. The highest BCUT2D eigenvalue weighted by Gasteiger charge is 2.33. The number of carbonyl (C=O) groups excluding carboxylic acids is 2. The SMILES string of the molecule is Cc1cc(O)cc(O)c1C(=O)N(N)C(=O)C(O)c1cccc(C(F)(F)F)c1. The Morgan fingerprint density at radius 1 is 1.15 bits per heavy atom. The second kappa shape index (κ2) is 7.25. The van der Waals surface area contributed by atoms with Crippen molar-refractivity contribution in [2.24, 2.45) is 5.84 Å². The van der Waals surface area contributed by atoms with E-state index in [2.05, 4.69) is 0 Å². The number of nitrogens with two attached hydrogens (primary N) is 1. The first kappa shape index (κ1) is 20.2. The van der Waals surface area contributed by atoms with Gasteiger partial charge in [0, 0.05) is 6.07 Å². The highest BCUT2D eigenvalue weighted by Crippen LogP contribution is 2.31. The molecule has 2 aromatic carbocycles. The van der Waals surface area contributed by atoms with E-state index in [9.17, 15) is 38.1 Å². The summed E-state index contributed by atoms with van der Waals surface area (Å²) in [5, 5.41) is 29.2. The van der Waals surface area contributed by atoms with E-state index < -0.39 is 46.5 Å². The lowest BCUT2D eigenvalue weighted by Gasteiger charge is -2.20. The van der Waals surface area contributed by atoms with Crippen molar-refractivity contribution < 1.29 is 38.1 Å². The number of aryl methyl sites for hydroxylation is 1. The molecule has 144 valence electrons. The van der Waals surface area contributed by atoms with E-state index >= 15 is 0 Å². The van der Waals surface area contributed by atoms with Gasteiger partial charge >= 0.3 is 6.18 Å². The van der Waals surface area contributed by atoms with E-state index in [0.29, 0.717) is 6.07 Å². The summed E-state index contributed by atoms with van der Waals surface area (Å²) in [5.74, 6) is 1.81. The molecule has 0 aliphatic carbocycles. The van der Waals surface area contributed by atoms with Gasteiger partial charge in [-0.1, -0.05) is 12.1 Å². The minimum atomic E-state index is -4.69. The van der Waals surface area contributed by atoms with Gasteiger partial charge in [0.1, 0.15) is 11.5 Å². The lowest BCUT2D eigenvalue weighted by molar-refractivity contribution is -0.140. The topological polar surface area (TPSA) is 124 Å². The van der Waals surface area contributed by atoms with Crippen LogP contribution in [0.3, 0.4) is 0 Å². The summed E-state index contributed by atoms with van der Waals surface area (Å²) >= 11 is 0. The molecule has 10 heteroatoms. The Morgan fingerprint density at radius 2 is 1.78 bits per heavy atom. The Labute approximate surface area is 151 Å². The van der Waals surface area contributed by atoms with Gasteiger partial charge in [-0.15, -0.1) is 0 Å². The molecule has 1 unspecified atom stereocenters. The molecule has 0 aliphatic rings. The Kier molecular flexibility index (Phi) is 5.43. The lowest BCUT2D eigenvalue weighted by Crippen LogP contribution is -2.45. The van der Waals surface area contributed by atoms with Crippen LogP contribution in [0.2, 0.25) is 0 Å². The molecule has 0 spiro atoms. The number of hydrogen-bond acceptors (Lipinski definition) is 6. The number of benzene rings is 2. The average molecular weight is 384 g/mol. The molecule has 1 atom stereocenters. The summed E-state index contributed by atoms with van der Waals surface area (Å²) in [6.07, 6.45) is -6.83. The first-order chi connectivity index (χ1) is 12.4. The van der Waals surface area contributed by atoms with Crippen LogP contribution in [0.15, 0.2) is 36.4 Å². The third-order valence-electron chi connectivity index (χ3n) is 3.73. The van der Waals surface area contributed by atoms with E-state index in [4.69, 9.17) is 5.84 Å². The summed E-state index contributed by atoms with van der Waals surface area (Å²) in [6, 6.07) is 5.36. The number of aliphatic hydroxyl groups is 1. The molecule has 0 bridgehead atoms. The van der Waals surface area contributed by atoms with Crippen molar-refractivity contribution in [1.82, 2.24) is 5.01 Å². The van der Waals surface area contributed by atoms with Crippen LogP contribution in [0.1, 0.15) is 33.2 Å². The zero-order chi connectivity index (χ0) is 20.5. The summed E-state index contributed by atoms with van der Waals surface area (Å²) < 4.78 is 38.3. The van der Waals surface area contributed by atoms with Crippen molar-refractivity contribution in [3.05, 3.63) is 58.7 Å². The fourth-order valence-electron chi connectivity index (χ4n) is 2.41. The van der Waals surface area contributed by atoms with Crippen LogP contribution in [-0.2, 0) is 11.0 Å². The maximum atomic E-state index is 12.8. The minimum absolute atomic E-state index is 0.00989. The van der Waals surface area contributed by atoms with Gasteiger partial charge in [0.2, 0.25) is 0 Å². The normalized spacial score (nSPS) is 12.5. The number of rotatable bonds is 3.